The summed E-state index contributed by atoms with van der Waals surface area (Å²) in [5.74, 6) is 0.703. The van der Waals surface area contributed by atoms with Gasteiger partial charge in [0.25, 0.3) is 0 Å². The van der Waals surface area contributed by atoms with Crippen molar-refractivity contribution in [1.29, 1.82) is 0 Å². The van der Waals surface area contributed by atoms with Crippen molar-refractivity contribution in [3.8, 4) is 0 Å². The molecular formula is C26H55N. The van der Waals surface area contributed by atoms with Crippen LogP contribution in [0.4, 0.5) is 0 Å². The topological polar surface area (TPSA) is 12.0 Å². The smallest absolute Gasteiger partial charge is 0.0201 e. The number of hydrogen-bond donors (Lipinski definition) is 1. The Morgan fingerprint density at radius 3 is 1.59 bits per heavy atom. The van der Waals surface area contributed by atoms with E-state index in [1.165, 1.54) is 38.5 Å². The Morgan fingerprint density at radius 1 is 0.741 bits per heavy atom. The van der Waals surface area contributed by atoms with Gasteiger partial charge < -0.3 is 5.32 Å². The average molecular weight is 382 g/mol. The van der Waals surface area contributed by atoms with E-state index in [-0.39, 0.29) is 11.0 Å². The van der Waals surface area contributed by atoms with Gasteiger partial charge >= 0.3 is 0 Å². The molecule has 0 bridgehead atoms. The van der Waals surface area contributed by atoms with E-state index in [1.807, 2.05) is 0 Å². The fourth-order valence-corrected chi connectivity index (χ4v) is 4.65. The summed E-state index contributed by atoms with van der Waals surface area (Å²) in [7, 11) is 0. The van der Waals surface area contributed by atoms with Gasteiger partial charge in [-0.25, -0.2) is 0 Å². The minimum absolute atomic E-state index is 0.199. The van der Waals surface area contributed by atoms with E-state index in [4.69, 9.17) is 0 Å². The molecule has 0 aliphatic carbocycles. The van der Waals surface area contributed by atoms with Crippen LogP contribution in [0.1, 0.15) is 129 Å². The molecule has 1 heteroatoms. The lowest BCUT2D eigenvalue weighted by Gasteiger charge is -2.50. The summed E-state index contributed by atoms with van der Waals surface area (Å²) in [5, 5.41) is 4.07. The number of hydrogen-bond acceptors (Lipinski definition) is 1. The Morgan fingerprint density at radius 2 is 1.26 bits per heavy atom. The first kappa shape index (κ1) is 27.0. The molecule has 0 rings (SSSR count). The first-order valence-corrected chi connectivity index (χ1v) is 11.7. The highest BCUT2D eigenvalue weighted by atomic mass is 15.0. The molecule has 0 radical (unpaired) electrons. The minimum Gasteiger partial charge on any atom is -0.311 e. The molecule has 0 amide bonds. The Bertz CT molecular complexity index is 422. The predicted molar refractivity (Wildman–Crippen MR) is 125 cm³/mol. The second kappa shape index (κ2) is 9.64. The van der Waals surface area contributed by atoms with Crippen molar-refractivity contribution >= 4 is 0 Å². The number of rotatable bonds is 11. The second-order valence-electron chi connectivity index (χ2n) is 12.5. The van der Waals surface area contributed by atoms with Crippen LogP contribution in [0.3, 0.4) is 0 Å². The molecule has 27 heavy (non-hydrogen) atoms. The minimum atomic E-state index is 0.199. The highest BCUT2D eigenvalue weighted by molar-refractivity contribution is 4.97. The van der Waals surface area contributed by atoms with Gasteiger partial charge in [-0.3, -0.25) is 0 Å². The maximum atomic E-state index is 4.07. The van der Waals surface area contributed by atoms with Gasteiger partial charge in [0.1, 0.15) is 0 Å². The summed E-state index contributed by atoms with van der Waals surface area (Å²) in [4.78, 5) is 0. The third-order valence-corrected chi connectivity index (χ3v) is 8.46. The molecule has 0 aromatic heterocycles. The maximum Gasteiger partial charge on any atom is 0.0201 e. The van der Waals surface area contributed by atoms with Gasteiger partial charge in [0, 0.05) is 5.54 Å². The second-order valence-corrected chi connectivity index (χ2v) is 12.5. The van der Waals surface area contributed by atoms with Gasteiger partial charge in [-0.05, 0) is 53.9 Å². The highest BCUT2D eigenvalue weighted by Gasteiger charge is 2.43. The first-order chi connectivity index (χ1) is 12.0. The molecule has 0 saturated heterocycles. The summed E-state index contributed by atoms with van der Waals surface area (Å²) < 4.78 is 0. The van der Waals surface area contributed by atoms with E-state index >= 15 is 0 Å². The van der Waals surface area contributed by atoms with Gasteiger partial charge in [0.15, 0.2) is 0 Å². The zero-order valence-electron chi connectivity index (χ0n) is 21.5. The normalized spacial score (nSPS) is 19.4. The van der Waals surface area contributed by atoms with Gasteiger partial charge in [0.2, 0.25) is 0 Å². The molecule has 1 N–H and O–H groups in total. The van der Waals surface area contributed by atoms with E-state index in [0.29, 0.717) is 22.2 Å². The van der Waals surface area contributed by atoms with Gasteiger partial charge in [-0.15, -0.1) is 0 Å². The maximum absolute atomic E-state index is 4.07. The van der Waals surface area contributed by atoms with E-state index in [2.05, 4.69) is 95.3 Å². The van der Waals surface area contributed by atoms with Crippen LogP contribution >= 0.6 is 0 Å². The summed E-state index contributed by atoms with van der Waals surface area (Å²) in [6, 6.07) is 0. The zero-order chi connectivity index (χ0) is 21.7. The van der Waals surface area contributed by atoms with Crippen molar-refractivity contribution in [2.75, 3.05) is 6.54 Å². The lowest BCUT2D eigenvalue weighted by atomic mass is 9.57. The zero-order valence-corrected chi connectivity index (χ0v) is 21.5. The fraction of sp³-hybridized carbons (Fsp3) is 1.00. The van der Waals surface area contributed by atoms with Crippen LogP contribution in [0.2, 0.25) is 0 Å². The van der Waals surface area contributed by atoms with Crippen LogP contribution in [0.15, 0.2) is 0 Å². The summed E-state index contributed by atoms with van der Waals surface area (Å²) in [6.45, 7) is 32.7. The Kier molecular flexibility index (Phi) is 9.63. The molecule has 3 unspecified atom stereocenters. The quantitative estimate of drug-likeness (QED) is 0.378. The molecule has 0 fully saturated rings. The van der Waals surface area contributed by atoms with Gasteiger partial charge in [-0.1, -0.05) is 109 Å². The number of unbranched alkanes of at least 4 members (excludes halogenated alkanes) is 1. The molecule has 0 aliphatic rings. The highest BCUT2D eigenvalue weighted by Crippen LogP contribution is 2.51. The van der Waals surface area contributed by atoms with E-state index < -0.39 is 0 Å². The van der Waals surface area contributed by atoms with Crippen LogP contribution in [0.25, 0.3) is 0 Å². The van der Waals surface area contributed by atoms with Crippen molar-refractivity contribution in [2.24, 2.45) is 27.6 Å². The monoisotopic (exact) mass is 381 g/mol. The van der Waals surface area contributed by atoms with Crippen LogP contribution in [-0.4, -0.2) is 12.1 Å². The fourth-order valence-electron chi connectivity index (χ4n) is 4.65. The van der Waals surface area contributed by atoms with Crippen LogP contribution in [0, 0.1) is 27.6 Å². The summed E-state index contributed by atoms with van der Waals surface area (Å²) >= 11 is 0. The predicted octanol–water partition coefficient (Wildman–Crippen LogP) is 8.48. The molecule has 1 nitrogen and oxygen atoms in total. The van der Waals surface area contributed by atoms with Crippen molar-refractivity contribution in [1.82, 2.24) is 5.32 Å². The van der Waals surface area contributed by atoms with E-state index in [0.717, 1.165) is 6.54 Å². The van der Waals surface area contributed by atoms with Gasteiger partial charge in [0.05, 0.1) is 0 Å². The van der Waals surface area contributed by atoms with E-state index in [9.17, 15) is 0 Å². The summed E-state index contributed by atoms with van der Waals surface area (Å²) in [5.41, 5.74) is 1.52. The molecule has 0 spiro atoms. The lowest BCUT2D eigenvalue weighted by Crippen LogP contribution is -2.55. The molecule has 0 aromatic carbocycles. The van der Waals surface area contributed by atoms with Crippen molar-refractivity contribution < 1.29 is 0 Å². The standard InChI is InChI=1S/C26H55N/c1-14-17-18-26(13,23(7,8)9)27-19-21(15-2)24(10,11)20-25(12,16-3)22(4,5)6/h21,27H,14-20H2,1-13H3. The largest absolute Gasteiger partial charge is 0.311 e. The lowest BCUT2D eigenvalue weighted by molar-refractivity contribution is 0.0134. The Balaban J connectivity index is 5.39. The molecule has 0 heterocycles. The first-order valence-electron chi connectivity index (χ1n) is 11.7. The van der Waals surface area contributed by atoms with E-state index in [1.54, 1.807) is 0 Å². The van der Waals surface area contributed by atoms with Crippen LogP contribution < -0.4 is 5.32 Å². The molecule has 0 aromatic rings. The third kappa shape index (κ3) is 7.06. The molecule has 164 valence electrons. The van der Waals surface area contributed by atoms with Gasteiger partial charge in [-0.2, -0.15) is 0 Å². The molecule has 0 saturated carbocycles. The Labute approximate surface area is 173 Å². The van der Waals surface area contributed by atoms with Crippen LogP contribution in [0.5, 0.6) is 0 Å². The summed E-state index contributed by atoms with van der Waals surface area (Å²) in [6.07, 6.45) is 7.63. The molecule has 3 atom stereocenters. The van der Waals surface area contributed by atoms with Crippen molar-refractivity contribution in [2.45, 2.75) is 134 Å². The van der Waals surface area contributed by atoms with Crippen LogP contribution in [-0.2, 0) is 0 Å². The SMILES string of the molecule is CCCCC(C)(NCC(CC)C(C)(C)CC(C)(CC)C(C)(C)C)C(C)(C)C. The molecular weight excluding hydrogens is 326 g/mol. The molecule has 0 aliphatic heterocycles. The Hall–Kier alpha value is -0.0400. The average Bonchev–Trinajstić information content (AvgIpc) is 2.50. The third-order valence-electron chi connectivity index (χ3n) is 8.46. The van der Waals surface area contributed by atoms with Crippen molar-refractivity contribution in [3.05, 3.63) is 0 Å². The van der Waals surface area contributed by atoms with Crippen molar-refractivity contribution in [3.63, 3.8) is 0 Å². The number of nitrogens with one attached hydrogen (secondary N) is 1.